The Balaban J connectivity index is 2.37. The highest BCUT2D eigenvalue weighted by Gasteiger charge is 2.31. The van der Waals surface area contributed by atoms with Crippen molar-refractivity contribution in [1.29, 1.82) is 0 Å². The molecule has 1 aliphatic rings. The molecule has 1 aromatic rings. The number of anilines is 2. The number of methoxy groups -OCH3 is 1. The van der Waals surface area contributed by atoms with E-state index in [2.05, 4.69) is 31.7 Å². The van der Waals surface area contributed by atoms with Crippen LogP contribution >= 0.6 is 0 Å². The average molecular weight is 262 g/mol. The van der Waals surface area contributed by atoms with Gasteiger partial charge in [-0.2, -0.15) is 0 Å². The Morgan fingerprint density at radius 3 is 2.42 bits per heavy atom. The summed E-state index contributed by atoms with van der Waals surface area (Å²) in [6, 6.07) is 8.06. The van der Waals surface area contributed by atoms with E-state index >= 15 is 0 Å². The Bertz CT molecular complexity index is 465. The number of para-hydroxylation sites is 2. The molecule has 0 N–H and O–H groups in total. The maximum atomic E-state index is 12.1. The molecule has 104 valence electrons. The quantitative estimate of drug-likeness (QED) is 0.819. The van der Waals surface area contributed by atoms with Crippen molar-refractivity contribution in [2.75, 3.05) is 36.6 Å². The van der Waals surface area contributed by atoms with Crippen molar-refractivity contribution in [3.63, 3.8) is 0 Å². The fourth-order valence-corrected chi connectivity index (χ4v) is 2.52. The van der Waals surface area contributed by atoms with Gasteiger partial charge in [0.05, 0.1) is 11.4 Å². The van der Waals surface area contributed by atoms with E-state index in [1.807, 2.05) is 23.1 Å². The lowest BCUT2D eigenvalue weighted by Gasteiger charge is -2.44. The Hall–Kier alpha value is -1.55. The number of carbonyl (C=O) groups is 1. The molecule has 19 heavy (non-hydrogen) atoms. The predicted molar refractivity (Wildman–Crippen MR) is 77.8 cm³/mol. The third-order valence-corrected chi connectivity index (χ3v) is 3.39. The normalized spacial score (nSPS) is 15.4. The van der Waals surface area contributed by atoms with Crippen LogP contribution in [0.2, 0.25) is 0 Å². The molecule has 0 unspecified atom stereocenters. The largest absolute Gasteiger partial charge is 0.375 e. The molecule has 1 heterocycles. The van der Waals surface area contributed by atoms with Gasteiger partial charge in [0.25, 0.3) is 5.91 Å². The third-order valence-electron chi connectivity index (χ3n) is 3.39. The molecule has 1 aromatic carbocycles. The first kappa shape index (κ1) is 13.9. The molecule has 2 rings (SSSR count). The number of nitrogens with zero attached hydrogens (tertiary/aromatic N) is 2. The molecule has 1 amide bonds. The first-order valence-electron chi connectivity index (χ1n) is 6.61. The van der Waals surface area contributed by atoms with Gasteiger partial charge < -0.3 is 14.5 Å². The number of hydrogen-bond acceptors (Lipinski definition) is 3. The zero-order chi connectivity index (χ0) is 14.0. The Morgan fingerprint density at radius 1 is 1.21 bits per heavy atom. The van der Waals surface area contributed by atoms with Crippen LogP contribution in [0.3, 0.4) is 0 Å². The summed E-state index contributed by atoms with van der Waals surface area (Å²) in [6.07, 6.45) is 0. The van der Waals surface area contributed by atoms with Crippen molar-refractivity contribution in [2.24, 2.45) is 0 Å². The second kappa shape index (κ2) is 5.21. The van der Waals surface area contributed by atoms with Gasteiger partial charge in [0, 0.05) is 25.7 Å². The van der Waals surface area contributed by atoms with Crippen molar-refractivity contribution in [3.8, 4) is 0 Å². The van der Waals surface area contributed by atoms with Gasteiger partial charge in [-0.25, -0.2) is 0 Å². The van der Waals surface area contributed by atoms with Crippen LogP contribution in [0.1, 0.15) is 20.8 Å². The van der Waals surface area contributed by atoms with Crippen LogP contribution in [0.25, 0.3) is 0 Å². The first-order chi connectivity index (χ1) is 8.95. The van der Waals surface area contributed by atoms with Gasteiger partial charge in [0.15, 0.2) is 0 Å². The summed E-state index contributed by atoms with van der Waals surface area (Å²) < 4.78 is 4.96. The van der Waals surface area contributed by atoms with Crippen molar-refractivity contribution < 1.29 is 9.53 Å². The minimum atomic E-state index is 0.0171. The second-order valence-corrected chi connectivity index (χ2v) is 5.79. The van der Waals surface area contributed by atoms with Crippen molar-refractivity contribution in [3.05, 3.63) is 24.3 Å². The molecule has 0 fully saturated rings. The van der Waals surface area contributed by atoms with E-state index in [4.69, 9.17) is 4.74 Å². The van der Waals surface area contributed by atoms with Gasteiger partial charge in [-0.05, 0) is 32.9 Å². The van der Waals surface area contributed by atoms with Crippen LogP contribution in [0, 0.1) is 0 Å². The molecule has 0 radical (unpaired) electrons. The minimum Gasteiger partial charge on any atom is -0.375 e. The summed E-state index contributed by atoms with van der Waals surface area (Å²) in [5.74, 6) is 0.0171. The topological polar surface area (TPSA) is 32.8 Å². The zero-order valence-electron chi connectivity index (χ0n) is 12.1. The van der Waals surface area contributed by atoms with Crippen molar-refractivity contribution in [2.45, 2.75) is 26.3 Å². The standard InChI is InChI=1S/C15H22N2O2/c1-15(2,3)17-10-9-16(14(18)11-19-4)12-7-5-6-8-13(12)17/h5-8H,9-11H2,1-4H3. The first-order valence-corrected chi connectivity index (χ1v) is 6.61. The van der Waals surface area contributed by atoms with E-state index in [-0.39, 0.29) is 18.1 Å². The van der Waals surface area contributed by atoms with Crippen LogP contribution in [-0.2, 0) is 9.53 Å². The number of rotatable bonds is 2. The smallest absolute Gasteiger partial charge is 0.253 e. The molecular formula is C15H22N2O2. The van der Waals surface area contributed by atoms with Crippen LogP contribution in [0.4, 0.5) is 11.4 Å². The molecule has 0 aromatic heterocycles. The summed E-state index contributed by atoms with van der Waals surface area (Å²) in [5.41, 5.74) is 2.14. The molecular weight excluding hydrogens is 240 g/mol. The van der Waals surface area contributed by atoms with E-state index in [0.29, 0.717) is 6.54 Å². The summed E-state index contributed by atoms with van der Waals surface area (Å²) in [6.45, 7) is 8.25. The van der Waals surface area contributed by atoms with Gasteiger partial charge in [0.2, 0.25) is 0 Å². The van der Waals surface area contributed by atoms with E-state index in [0.717, 1.165) is 17.9 Å². The number of fused-ring (bicyclic) bond motifs is 1. The molecule has 4 heteroatoms. The number of carbonyl (C=O) groups excluding carboxylic acids is 1. The molecule has 0 bridgehead atoms. The summed E-state index contributed by atoms with van der Waals surface area (Å²) in [4.78, 5) is 16.3. The number of ether oxygens (including phenoxy) is 1. The second-order valence-electron chi connectivity index (χ2n) is 5.79. The van der Waals surface area contributed by atoms with Crippen LogP contribution in [0.15, 0.2) is 24.3 Å². The number of benzene rings is 1. The lowest BCUT2D eigenvalue weighted by Crippen LogP contribution is -2.51. The molecule has 0 aliphatic carbocycles. The van der Waals surface area contributed by atoms with E-state index < -0.39 is 0 Å². The van der Waals surface area contributed by atoms with E-state index in [1.54, 1.807) is 7.11 Å². The minimum absolute atomic E-state index is 0.0171. The molecule has 0 saturated carbocycles. The predicted octanol–water partition coefficient (Wildman–Crippen LogP) is 2.28. The maximum Gasteiger partial charge on any atom is 0.253 e. The fraction of sp³-hybridized carbons (Fsp3) is 0.533. The van der Waals surface area contributed by atoms with Crippen molar-refractivity contribution in [1.82, 2.24) is 0 Å². The van der Waals surface area contributed by atoms with Crippen molar-refractivity contribution >= 4 is 17.3 Å². The van der Waals surface area contributed by atoms with Gasteiger partial charge in [-0.15, -0.1) is 0 Å². The van der Waals surface area contributed by atoms with Gasteiger partial charge in [0.1, 0.15) is 6.61 Å². The lowest BCUT2D eigenvalue weighted by atomic mass is 10.0. The molecule has 1 aliphatic heterocycles. The van der Waals surface area contributed by atoms with Gasteiger partial charge >= 0.3 is 0 Å². The molecule has 4 nitrogen and oxygen atoms in total. The lowest BCUT2D eigenvalue weighted by molar-refractivity contribution is -0.122. The van der Waals surface area contributed by atoms with Gasteiger partial charge in [-0.3, -0.25) is 4.79 Å². The highest BCUT2D eigenvalue weighted by molar-refractivity contribution is 5.98. The van der Waals surface area contributed by atoms with E-state index in [1.165, 1.54) is 0 Å². The van der Waals surface area contributed by atoms with Crippen LogP contribution in [0.5, 0.6) is 0 Å². The summed E-state index contributed by atoms with van der Waals surface area (Å²) in [5, 5.41) is 0. The highest BCUT2D eigenvalue weighted by atomic mass is 16.5. The van der Waals surface area contributed by atoms with Gasteiger partial charge in [-0.1, -0.05) is 12.1 Å². The monoisotopic (exact) mass is 262 g/mol. The van der Waals surface area contributed by atoms with Crippen LogP contribution in [-0.4, -0.2) is 38.3 Å². The third kappa shape index (κ3) is 2.73. The molecule has 0 spiro atoms. The fourth-order valence-electron chi connectivity index (χ4n) is 2.52. The summed E-state index contributed by atoms with van der Waals surface area (Å²) >= 11 is 0. The maximum absolute atomic E-state index is 12.1. The Morgan fingerprint density at radius 2 is 1.84 bits per heavy atom. The SMILES string of the molecule is COCC(=O)N1CCN(C(C)(C)C)c2ccccc21. The molecule has 0 atom stereocenters. The number of hydrogen-bond donors (Lipinski definition) is 0. The molecule has 0 saturated heterocycles. The number of amides is 1. The Labute approximate surface area is 115 Å². The van der Waals surface area contributed by atoms with E-state index in [9.17, 15) is 4.79 Å². The Kier molecular flexibility index (Phi) is 3.80. The van der Waals surface area contributed by atoms with Crippen LogP contribution < -0.4 is 9.80 Å². The summed E-state index contributed by atoms with van der Waals surface area (Å²) in [7, 11) is 1.55. The highest BCUT2D eigenvalue weighted by Crippen LogP contribution is 2.36. The average Bonchev–Trinajstić information content (AvgIpc) is 2.36. The zero-order valence-corrected chi connectivity index (χ0v) is 12.1.